The number of ketones is 1. The van der Waals surface area contributed by atoms with E-state index in [-0.39, 0.29) is 5.92 Å². The summed E-state index contributed by atoms with van der Waals surface area (Å²) in [4.78, 5) is 71.5. The molecule has 0 radical (unpaired) electrons. The summed E-state index contributed by atoms with van der Waals surface area (Å²) in [6.07, 6.45) is -6.23. The van der Waals surface area contributed by atoms with E-state index < -0.39 is 78.1 Å². The Morgan fingerprint density at radius 1 is 0.735 bits per heavy atom. The number of halogens is 3. The molecule has 0 saturated carbocycles. The van der Waals surface area contributed by atoms with E-state index in [1.54, 1.807) is 33.0 Å². The van der Waals surface area contributed by atoms with E-state index in [2.05, 4.69) is 16.0 Å². The average Bonchev–Trinajstić information content (AvgIpc) is 2.66. The first-order chi connectivity index (χ1) is 15.4. The second kappa shape index (κ2) is 12.9. The van der Waals surface area contributed by atoms with Crippen molar-refractivity contribution in [1.29, 1.82) is 0 Å². The van der Waals surface area contributed by atoms with Crippen LogP contribution < -0.4 is 21.3 Å². The summed E-state index contributed by atoms with van der Waals surface area (Å²) >= 11 is 0. The number of hydrogen-bond donors (Lipinski definition) is 5. The van der Waals surface area contributed by atoms with Crippen molar-refractivity contribution < 1.29 is 47.0 Å². The molecule has 5 N–H and O–H groups in total. The highest BCUT2D eigenvalue weighted by Gasteiger charge is 2.43. The third-order valence-corrected chi connectivity index (χ3v) is 4.60. The van der Waals surface area contributed by atoms with Gasteiger partial charge in [-0.15, -0.1) is 0 Å². The van der Waals surface area contributed by atoms with Gasteiger partial charge < -0.3 is 26.4 Å². The van der Waals surface area contributed by atoms with Gasteiger partial charge in [0.15, 0.2) is 0 Å². The standard InChI is InChI=1S/C20H31F3N4O7/c1-8(2)14(25-11(6)28)19(34)27-15(9(3)4)18(33)26-12(7-13(29)30)17(32)24-10(5)16(31)20(21,22)23/h8-10,12,14-15H,7H2,1-6H3,(H,24,32)(H,25,28)(H,26,33)(H,27,34)(H,29,30)/t10?,12-,14-,15-/m0/s1. The minimum Gasteiger partial charge on any atom is -0.481 e. The normalized spacial score (nSPS) is 15.0. The van der Waals surface area contributed by atoms with Crippen LogP contribution in [0.15, 0.2) is 0 Å². The maximum absolute atomic E-state index is 12.8. The zero-order chi connectivity index (χ0) is 27.0. The maximum atomic E-state index is 12.8. The number of carbonyl (C=O) groups excluding carboxylic acids is 5. The Labute approximate surface area is 194 Å². The molecule has 0 aliphatic rings. The number of alkyl halides is 3. The molecule has 14 heteroatoms. The lowest BCUT2D eigenvalue weighted by molar-refractivity contribution is -0.173. The summed E-state index contributed by atoms with van der Waals surface area (Å²) in [6, 6.07) is -6.12. The topological polar surface area (TPSA) is 171 Å². The van der Waals surface area contributed by atoms with Gasteiger partial charge in [-0.05, 0) is 18.8 Å². The highest BCUT2D eigenvalue weighted by molar-refractivity contribution is 5.97. The van der Waals surface area contributed by atoms with E-state index in [0.29, 0.717) is 0 Å². The Morgan fingerprint density at radius 3 is 1.56 bits per heavy atom. The number of carboxylic acids is 1. The van der Waals surface area contributed by atoms with E-state index in [1.807, 2.05) is 0 Å². The lowest BCUT2D eigenvalue weighted by Crippen LogP contribution is -2.60. The zero-order valence-electron chi connectivity index (χ0n) is 19.7. The van der Waals surface area contributed by atoms with Gasteiger partial charge >= 0.3 is 12.1 Å². The van der Waals surface area contributed by atoms with Crippen molar-refractivity contribution >= 4 is 35.4 Å². The number of amides is 4. The van der Waals surface area contributed by atoms with Gasteiger partial charge in [0.2, 0.25) is 23.6 Å². The molecule has 0 aliphatic carbocycles. The fourth-order valence-corrected chi connectivity index (χ4v) is 2.80. The van der Waals surface area contributed by atoms with Crippen LogP contribution in [0.4, 0.5) is 13.2 Å². The zero-order valence-corrected chi connectivity index (χ0v) is 19.7. The second-order valence-corrected chi connectivity index (χ2v) is 8.40. The van der Waals surface area contributed by atoms with Gasteiger partial charge in [0.1, 0.15) is 18.1 Å². The molecule has 0 aromatic rings. The summed E-state index contributed by atoms with van der Waals surface area (Å²) in [5.74, 6) is -8.22. The molecular weight excluding hydrogens is 465 g/mol. The van der Waals surface area contributed by atoms with E-state index >= 15 is 0 Å². The van der Waals surface area contributed by atoms with Crippen LogP contribution in [0.25, 0.3) is 0 Å². The number of Topliss-reactive ketones (excluding diaryl/α,β-unsaturated/α-hetero) is 1. The smallest absolute Gasteiger partial charge is 0.452 e. The fraction of sp³-hybridized carbons (Fsp3) is 0.700. The predicted molar refractivity (Wildman–Crippen MR) is 112 cm³/mol. The fourth-order valence-electron chi connectivity index (χ4n) is 2.80. The first-order valence-electron chi connectivity index (χ1n) is 10.4. The molecule has 0 aromatic heterocycles. The number of hydrogen-bond acceptors (Lipinski definition) is 6. The molecule has 0 aliphatic heterocycles. The first kappa shape index (κ1) is 30.8. The maximum Gasteiger partial charge on any atom is 0.452 e. The molecule has 0 heterocycles. The molecule has 0 aromatic carbocycles. The number of carbonyl (C=O) groups is 6. The summed E-state index contributed by atoms with van der Waals surface area (Å²) in [5, 5.41) is 17.8. The molecular formula is C20H31F3N4O7. The van der Waals surface area contributed by atoms with Crippen molar-refractivity contribution in [3.63, 3.8) is 0 Å². The molecule has 11 nitrogen and oxygen atoms in total. The quantitative estimate of drug-likeness (QED) is 0.251. The van der Waals surface area contributed by atoms with E-state index in [0.717, 1.165) is 6.92 Å². The van der Waals surface area contributed by atoms with Gasteiger partial charge in [-0.1, -0.05) is 27.7 Å². The van der Waals surface area contributed by atoms with E-state index in [9.17, 15) is 41.9 Å². The molecule has 0 fully saturated rings. The lowest BCUT2D eigenvalue weighted by Gasteiger charge is -2.28. The summed E-state index contributed by atoms with van der Waals surface area (Å²) in [7, 11) is 0. The SMILES string of the molecule is CC(=O)N[C@H](C(=O)N[C@H](C(=O)N[C@@H](CC(=O)O)C(=O)NC(C)C(=O)C(F)(F)F)C(C)C)C(C)C. The molecule has 4 atom stereocenters. The predicted octanol–water partition coefficient (Wildman–Crippen LogP) is -0.116. The van der Waals surface area contributed by atoms with Crippen molar-refractivity contribution in [2.24, 2.45) is 11.8 Å². The summed E-state index contributed by atoms with van der Waals surface area (Å²) in [6.45, 7) is 8.36. The van der Waals surface area contributed by atoms with Gasteiger partial charge in [-0.2, -0.15) is 13.2 Å². The lowest BCUT2D eigenvalue weighted by atomic mass is 9.99. The number of carboxylic acid groups (broad SMARTS) is 1. The van der Waals surface area contributed by atoms with Crippen molar-refractivity contribution in [2.75, 3.05) is 0 Å². The van der Waals surface area contributed by atoms with Gasteiger partial charge in [0.05, 0.1) is 12.5 Å². The second-order valence-electron chi connectivity index (χ2n) is 8.40. The monoisotopic (exact) mass is 496 g/mol. The molecule has 0 bridgehead atoms. The van der Waals surface area contributed by atoms with Crippen molar-refractivity contribution in [2.45, 2.75) is 78.3 Å². The largest absolute Gasteiger partial charge is 0.481 e. The third kappa shape index (κ3) is 10.2. The molecule has 0 saturated heterocycles. The molecule has 34 heavy (non-hydrogen) atoms. The van der Waals surface area contributed by atoms with Crippen LogP contribution >= 0.6 is 0 Å². The van der Waals surface area contributed by atoms with Crippen molar-refractivity contribution in [1.82, 2.24) is 21.3 Å². The van der Waals surface area contributed by atoms with Gasteiger partial charge in [-0.3, -0.25) is 28.8 Å². The van der Waals surface area contributed by atoms with Gasteiger partial charge in [-0.25, -0.2) is 0 Å². The summed E-state index contributed by atoms with van der Waals surface area (Å²) in [5.41, 5.74) is 0. The Kier molecular flexibility index (Phi) is 11.7. The van der Waals surface area contributed by atoms with Crippen LogP contribution in [0, 0.1) is 11.8 Å². The van der Waals surface area contributed by atoms with E-state index in [4.69, 9.17) is 5.11 Å². The molecule has 4 amide bonds. The molecule has 1 unspecified atom stereocenters. The highest BCUT2D eigenvalue weighted by Crippen LogP contribution is 2.18. The highest BCUT2D eigenvalue weighted by atomic mass is 19.4. The molecule has 0 spiro atoms. The Morgan fingerprint density at radius 2 is 1.18 bits per heavy atom. The van der Waals surface area contributed by atoms with Crippen LogP contribution in [0.3, 0.4) is 0 Å². The summed E-state index contributed by atoms with van der Waals surface area (Å²) < 4.78 is 37.7. The van der Waals surface area contributed by atoms with E-state index in [1.165, 1.54) is 6.92 Å². The van der Waals surface area contributed by atoms with Crippen LogP contribution in [0.2, 0.25) is 0 Å². The molecule has 0 rings (SSSR count). The number of aliphatic carboxylic acids is 1. The van der Waals surface area contributed by atoms with Crippen molar-refractivity contribution in [3.8, 4) is 0 Å². The number of rotatable bonds is 12. The Hall–Kier alpha value is -3.19. The van der Waals surface area contributed by atoms with Gasteiger partial charge in [0, 0.05) is 6.92 Å². The van der Waals surface area contributed by atoms with Gasteiger partial charge in [0.25, 0.3) is 5.78 Å². The van der Waals surface area contributed by atoms with Crippen LogP contribution in [-0.4, -0.2) is 70.8 Å². The minimum absolute atomic E-state index is 0.349. The first-order valence-corrected chi connectivity index (χ1v) is 10.4. The Bertz CT molecular complexity index is 800. The minimum atomic E-state index is -5.23. The number of nitrogens with one attached hydrogen (secondary N) is 4. The van der Waals surface area contributed by atoms with Crippen LogP contribution in [-0.2, 0) is 28.8 Å². The van der Waals surface area contributed by atoms with Crippen LogP contribution in [0.5, 0.6) is 0 Å². The average molecular weight is 496 g/mol. The third-order valence-electron chi connectivity index (χ3n) is 4.60. The molecule has 194 valence electrons. The Balaban J connectivity index is 5.60. The van der Waals surface area contributed by atoms with Crippen molar-refractivity contribution in [3.05, 3.63) is 0 Å². The van der Waals surface area contributed by atoms with Crippen LogP contribution in [0.1, 0.15) is 48.0 Å².